The number of ether oxygens (including phenoxy) is 4. The average Bonchev–Trinajstić information content (AvgIpc) is 3.49. The lowest BCUT2D eigenvalue weighted by Crippen LogP contribution is -2.53. The Morgan fingerprint density at radius 1 is 1.02 bits per heavy atom. The molecule has 8 rings (SSSR count). The van der Waals surface area contributed by atoms with Crippen LogP contribution in [0.5, 0.6) is 17.2 Å². The predicted octanol–water partition coefficient (Wildman–Crippen LogP) is 9.53. The summed E-state index contributed by atoms with van der Waals surface area (Å²) in [5.41, 5.74) is 5.36. The van der Waals surface area contributed by atoms with Crippen molar-refractivity contribution in [2.24, 2.45) is 11.8 Å². The second-order valence-corrected chi connectivity index (χ2v) is 19.3. The monoisotopic (exact) mass is 842 g/mol. The average molecular weight is 843 g/mol. The molecule has 10 nitrogen and oxygen atoms in total. The largest absolute Gasteiger partial charge is 0.493 e. The highest BCUT2D eigenvalue weighted by molar-refractivity contribution is 7.86. The van der Waals surface area contributed by atoms with Crippen molar-refractivity contribution < 1.29 is 36.3 Å². The molecule has 1 aromatic heterocycles. The van der Waals surface area contributed by atoms with Crippen molar-refractivity contribution in [1.29, 1.82) is 0 Å². The van der Waals surface area contributed by atoms with Crippen molar-refractivity contribution in [1.82, 2.24) is 4.98 Å². The zero-order chi connectivity index (χ0) is 41.4. The number of halogens is 1. The minimum absolute atomic E-state index is 0.0529. The SMILES string of the molecule is COC(=O)C1(Nc2cccc(Cl)c2)CCC2(CC1)c1cc3c(cc1C[C@@H]2C[C@@H](C)COc1ccnc2c1[C@H](C)CCC2)OCC[C@H](OS(=O)(=O)c1ccc(C)cc1)CO3. The van der Waals surface area contributed by atoms with E-state index in [1.807, 2.05) is 43.5 Å². The van der Waals surface area contributed by atoms with E-state index in [-0.39, 0.29) is 41.3 Å². The van der Waals surface area contributed by atoms with Crippen molar-refractivity contribution >= 4 is 33.4 Å². The van der Waals surface area contributed by atoms with Gasteiger partial charge in [0.15, 0.2) is 11.5 Å². The van der Waals surface area contributed by atoms with Crippen LogP contribution in [0.25, 0.3) is 0 Å². The molecule has 0 amide bonds. The standard InChI is InChI=1S/C47H55ClN2O8S/c1-30-11-13-38(14-12-30)59(52,53)58-37-16-22-55-42-25-33-24-34(23-31(2)28-56-41-15-21-49-40-10-5-7-32(3)44(40)41)46(39(33)27-43(42)57-29-37)17-19-47(20-18-46,45(51)54-4)50-36-9-6-8-35(48)26-36/h6,8-9,11-15,21,25-27,31-32,34,37,50H,5,7,10,16-20,22-24,28-29H2,1-4H3/t31-,32-,34+,37+,46?,47?/m1/s1. The van der Waals surface area contributed by atoms with Crippen molar-refractivity contribution in [3.05, 3.63) is 106 Å². The number of esters is 1. The van der Waals surface area contributed by atoms with E-state index in [9.17, 15) is 13.2 Å². The number of anilines is 1. The van der Waals surface area contributed by atoms with Gasteiger partial charge in [0.1, 0.15) is 24.0 Å². The quantitative estimate of drug-likeness (QED) is 0.115. The summed E-state index contributed by atoms with van der Waals surface area (Å²) in [6.45, 7) is 7.36. The molecule has 1 saturated carbocycles. The first kappa shape index (κ1) is 41.4. The van der Waals surface area contributed by atoms with E-state index in [1.54, 1.807) is 24.3 Å². The zero-order valence-electron chi connectivity index (χ0n) is 34.4. The molecule has 0 bridgehead atoms. The molecule has 0 saturated heterocycles. The lowest BCUT2D eigenvalue weighted by molar-refractivity contribution is -0.148. The van der Waals surface area contributed by atoms with Gasteiger partial charge in [-0.15, -0.1) is 0 Å². The molecule has 12 heteroatoms. The smallest absolute Gasteiger partial charge is 0.331 e. The van der Waals surface area contributed by atoms with E-state index in [0.29, 0.717) is 48.3 Å². The third-order valence-corrected chi connectivity index (χ3v) is 14.8. The molecular formula is C47H55ClN2O8S. The van der Waals surface area contributed by atoms with Crippen LogP contribution in [0.3, 0.4) is 0 Å². The summed E-state index contributed by atoms with van der Waals surface area (Å²) >= 11 is 6.37. The molecule has 4 aromatic rings. The van der Waals surface area contributed by atoms with Crippen molar-refractivity contribution in [2.45, 2.75) is 113 Å². The van der Waals surface area contributed by atoms with Crippen LogP contribution in [-0.4, -0.2) is 57.9 Å². The molecule has 1 aliphatic heterocycles. The molecule has 0 radical (unpaired) electrons. The lowest BCUT2D eigenvalue weighted by Gasteiger charge is -2.48. The van der Waals surface area contributed by atoms with Crippen LogP contribution >= 0.6 is 11.6 Å². The first-order valence-corrected chi connectivity index (χ1v) is 22.8. The van der Waals surface area contributed by atoms with E-state index < -0.39 is 21.8 Å². The molecule has 4 atom stereocenters. The second-order valence-electron chi connectivity index (χ2n) is 17.3. The van der Waals surface area contributed by atoms with Gasteiger partial charge in [-0.3, -0.25) is 9.17 Å². The summed E-state index contributed by atoms with van der Waals surface area (Å²) in [7, 11) is -2.56. The van der Waals surface area contributed by atoms with Gasteiger partial charge in [-0.05, 0) is 148 Å². The van der Waals surface area contributed by atoms with Gasteiger partial charge < -0.3 is 24.3 Å². The number of hydrogen-bond donors (Lipinski definition) is 1. The van der Waals surface area contributed by atoms with Gasteiger partial charge in [0.05, 0.1) is 25.2 Å². The fraction of sp³-hybridized carbons (Fsp3) is 0.489. The van der Waals surface area contributed by atoms with E-state index in [0.717, 1.165) is 67.6 Å². The molecule has 314 valence electrons. The fourth-order valence-corrected chi connectivity index (χ4v) is 11.4. The number of rotatable bonds is 11. The number of nitrogens with zero attached hydrogens (tertiary/aromatic N) is 1. The van der Waals surface area contributed by atoms with E-state index >= 15 is 0 Å². The Morgan fingerprint density at radius 3 is 2.56 bits per heavy atom. The van der Waals surface area contributed by atoms with Crippen LogP contribution in [0.15, 0.2) is 77.8 Å². The number of fused-ring (bicyclic) bond motifs is 4. The molecular weight excluding hydrogens is 788 g/mol. The summed E-state index contributed by atoms with van der Waals surface area (Å²) in [6.07, 6.45) is 9.12. The number of carbonyl (C=O) groups excluding carboxylic acids is 1. The first-order chi connectivity index (χ1) is 28.4. The van der Waals surface area contributed by atoms with Gasteiger partial charge in [0.25, 0.3) is 10.1 Å². The Balaban J connectivity index is 1.06. The minimum atomic E-state index is -4.01. The lowest BCUT2D eigenvalue weighted by atomic mass is 9.59. The highest BCUT2D eigenvalue weighted by atomic mass is 35.5. The van der Waals surface area contributed by atoms with Crippen molar-refractivity contribution in [3.63, 3.8) is 0 Å². The molecule has 59 heavy (non-hydrogen) atoms. The van der Waals surface area contributed by atoms with Crippen LogP contribution in [0, 0.1) is 18.8 Å². The topological polar surface area (TPSA) is 122 Å². The molecule has 2 heterocycles. The van der Waals surface area contributed by atoms with Gasteiger partial charge in [0, 0.05) is 34.6 Å². The van der Waals surface area contributed by atoms with Crippen LogP contribution in [-0.2, 0) is 42.1 Å². The molecule has 1 spiro atoms. The maximum Gasteiger partial charge on any atom is 0.331 e. The number of carbonyl (C=O) groups is 1. The summed E-state index contributed by atoms with van der Waals surface area (Å²) in [5.74, 6) is 2.80. The minimum Gasteiger partial charge on any atom is -0.493 e. The number of aromatic nitrogens is 1. The Morgan fingerprint density at radius 2 is 1.80 bits per heavy atom. The van der Waals surface area contributed by atoms with E-state index in [4.69, 9.17) is 34.7 Å². The number of nitrogens with one attached hydrogen (secondary N) is 1. The van der Waals surface area contributed by atoms with Crippen molar-refractivity contribution in [2.75, 3.05) is 32.2 Å². The first-order valence-electron chi connectivity index (χ1n) is 21.0. The summed E-state index contributed by atoms with van der Waals surface area (Å²) in [4.78, 5) is 18.5. The molecule has 1 N–H and O–H groups in total. The van der Waals surface area contributed by atoms with Gasteiger partial charge in [-0.25, -0.2) is 4.79 Å². The Hall–Kier alpha value is -4.32. The Labute approximate surface area is 353 Å². The number of pyridine rings is 1. The number of aryl methyl sites for hydroxylation is 2. The molecule has 3 aromatic carbocycles. The predicted molar refractivity (Wildman–Crippen MR) is 227 cm³/mol. The van der Waals surface area contributed by atoms with Gasteiger partial charge in [-0.1, -0.05) is 49.2 Å². The summed E-state index contributed by atoms with van der Waals surface area (Å²) < 4.78 is 56.9. The maximum atomic E-state index is 13.7. The van der Waals surface area contributed by atoms with Gasteiger partial charge in [-0.2, -0.15) is 8.42 Å². The highest BCUT2D eigenvalue weighted by Gasteiger charge is 2.55. The third kappa shape index (κ3) is 8.53. The number of benzene rings is 3. The Bertz CT molecular complexity index is 2270. The van der Waals surface area contributed by atoms with Crippen LogP contribution < -0.4 is 19.5 Å². The Kier molecular flexibility index (Phi) is 11.9. The second kappa shape index (κ2) is 17.0. The molecule has 0 unspecified atom stereocenters. The normalized spacial score (nSPS) is 25.5. The van der Waals surface area contributed by atoms with Gasteiger partial charge in [0.2, 0.25) is 0 Å². The van der Waals surface area contributed by atoms with Crippen LogP contribution in [0.4, 0.5) is 5.69 Å². The number of methoxy groups -OCH3 is 1. The van der Waals surface area contributed by atoms with E-state index in [1.165, 1.54) is 23.8 Å². The van der Waals surface area contributed by atoms with Gasteiger partial charge >= 0.3 is 5.97 Å². The fourth-order valence-electron chi connectivity index (χ4n) is 10.1. The van der Waals surface area contributed by atoms with Crippen LogP contribution in [0.2, 0.25) is 5.02 Å². The van der Waals surface area contributed by atoms with Crippen LogP contribution in [0.1, 0.15) is 99.1 Å². The third-order valence-electron chi connectivity index (χ3n) is 13.2. The molecule has 4 aliphatic rings. The maximum absolute atomic E-state index is 13.7. The van der Waals surface area contributed by atoms with Crippen molar-refractivity contribution in [3.8, 4) is 17.2 Å². The summed E-state index contributed by atoms with van der Waals surface area (Å²) in [5, 5.41) is 4.14. The zero-order valence-corrected chi connectivity index (χ0v) is 36.0. The van der Waals surface area contributed by atoms with E-state index in [2.05, 4.69) is 36.3 Å². The molecule has 3 aliphatic carbocycles. The highest BCUT2D eigenvalue weighted by Crippen LogP contribution is 2.58. The number of hydrogen-bond acceptors (Lipinski definition) is 10. The summed E-state index contributed by atoms with van der Waals surface area (Å²) in [6, 6.07) is 20.3. The molecule has 1 fully saturated rings.